The fourth-order valence-corrected chi connectivity index (χ4v) is 2.73. The molecule has 2 aromatic rings. The van der Waals surface area contributed by atoms with E-state index in [-0.39, 0.29) is 24.0 Å². The maximum Gasteiger partial charge on any atom is 0.416 e. The number of rotatable bonds is 8. The zero-order chi connectivity index (χ0) is 22.1. The second-order valence-electron chi connectivity index (χ2n) is 6.24. The molecule has 172 valence electrons. The van der Waals surface area contributed by atoms with Crippen LogP contribution in [0.3, 0.4) is 0 Å². The Morgan fingerprint density at radius 2 is 1.45 bits per heavy atom. The predicted octanol–water partition coefficient (Wildman–Crippen LogP) is 4.60. The van der Waals surface area contributed by atoms with Gasteiger partial charge in [0.1, 0.15) is 0 Å². The topological polar surface area (TPSA) is 64.1 Å². The number of guanidine groups is 1. The Hall–Kier alpha value is -2.37. The van der Waals surface area contributed by atoms with Crippen molar-refractivity contribution in [2.24, 2.45) is 4.99 Å². The maximum atomic E-state index is 12.7. The Morgan fingerprint density at radius 1 is 0.935 bits per heavy atom. The van der Waals surface area contributed by atoms with Gasteiger partial charge in [-0.2, -0.15) is 13.2 Å². The summed E-state index contributed by atoms with van der Waals surface area (Å²) in [5.74, 6) is 2.15. The molecule has 0 unspecified atom stereocenters. The summed E-state index contributed by atoms with van der Waals surface area (Å²) in [5.41, 5.74) is 0.909. The Balaban J connectivity index is 0.00000480. The molecule has 0 amide bonds. The van der Waals surface area contributed by atoms with Crippen molar-refractivity contribution in [1.29, 1.82) is 0 Å². The van der Waals surface area contributed by atoms with Crippen molar-refractivity contribution in [3.63, 3.8) is 0 Å². The first-order chi connectivity index (χ1) is 14.3. The van der Waals surface area contributed by atoms with E-state index < -0.39 is 11.7 Å². The van der Waals surface area contributed by atoms with Crippen LogP contribution in [0.2, 0.25) is 0 Å². The number of alkyl halides is 3. The lowest BCUT2D eigenvalue weighted by molar-refractivity contribution is -0.137. The number of halogens is 4. The van der Waals surface area contributed by atoms with Crippen LogP contribution < -0.4 is 24.8 Å². The largest absolute Gasteiger partial charge is 0.493 e. The normalized spacial score (nSPS) is 11.4. The first kappa shape index (κ1) is 26.7. The van der Waals surface area contributed by atoms with Gasteiger partial charge in [0, 0.05) is 20.1 Å². The van der Waals surface area contributed by atoms with E-state index in [4.69, 9.17) is 14.2 Å². The van der Waals surface area contributed by atoms with Crippen molar-refractivity contribution in [3.8, 4) is 17.2 Å². The second-order valence-corrected chi connectivity index (χ2v) is 6.24. The van der Waals surface area contributed by atoms with Crippen molar-refractivity contribution in [2.45, 2.75) is 26.2 Å². The molecule has 0 aromatic heterocycles. The van der Waals surface area contributed by atoms with Gasteiger partial charge in [-0.3, -0.25) is 4.99 Å². The van der Waals surface area contributed by atoms with E-state index in [9.17, 15) is 13.2 Å². The van der Waals surface area contributed by atoms with Crippen molar-refractivity contribution in [1.82, 2.24) is 10.6 Å². The van der Waals surface area contributed by atoms with Gasteiger partial charge in [-0.15, -0.1) is 24.0 Å². The Labute approximate surface area is 197 Å². The molecule has 6 nitrogen and oxygen atoms in total. The summed E-state index contributed by atoms with van der Waals surface area (Å²) in [5, 5.41) is 6.23. The number of methoxy groups -OCH3 is 2. The van der Waals surface area contributed by atoms with E-state index in [1.807, 2.05) is 19.1 Å². The van der Waals surface area contributed by atoms with Gasteiger partial charge in [0.25, 0.3) is 0 Å². The van der Waals surface area contributed by atoms with E-state index in [0.717, 1.165) is 17.7 Å². The molecule has 0 radical (unpaired) electrons. The molecule has 0 aliphatic heterocycles. The number of nitrogens with one attached hydrogen (secondary N) is 2. The SMILES string of the molecule is CCOc1c(OC)cc(CNC(=NC)NCc2ccc(C(F)(F)F)cc2)cc1OC.I. The molecule has 31 heavy (non-hydrogen) atoms. The van der Waals surface area contributed by atoms with Crippen LogP contribution in [0, 0.1) is 0 Å². The van der Waals surface area contributed by atoms with Gasteiger partial charge in [0.2, 0.25) is 5.75 Å². The van der Waals surface area contributed by atoms with Crippen LogP contribution in [-0.2, 0) is 19.3 Å². The van der Waals surface area contributed by atoms with Crippen molar-refractivity contribution < 1.29 is 27.4 Å². The zero-order valence-electron chi connectivity index (χ0n) is 17.8. The minimum Gasteiger partial charge on any atom is -0.493 e. The van der Waals surface area contributed by atoms with Crippen LogP contribution in [0.15, 0.2) is 41.4 Å². The molecule has 0 aliphatic rings. The first-order valence-corrected chi connectivity index (χ1v) is 9.30. The van der Waals surface area contributed by atoms with Crippen LogP contribution in [0.25, 0.3) is 0 Å². The average Bonchev–Trinajstić information content (AvgIpc) is 2.74. The highest BCUT2D eigenvalue weighted by atomic mass is 127. The van der Waals surface area contributed by atoms with E-state index >= 15 is 0 Å². The molecule has 2 aromatic carbocycles. The fourth-order valence-electron chi connectivity index (χ4n) is 2.73. The zero-order valence-corrected chi connectivity index (χ0v) is 20.1. The molecule has 0 fully saturated rings. The van der Waals surface area contributed by atoms with Crippen molar-refractivity contribution >= 4 is 29.9 Å². The second kappa shape index (κ2) is 12.5. The van der Waals surface area contributed by atoms with Crippen LogP contribution >= 0.6 is 24.0 Å². The lowest BCUT2D eigenvalue weighted by Crippen LogP contribution is -2.36. The molecule has 2 rings (SSSR count). The van der Waals surface area contributed by atoms with Crippen LogP contribution in [0.4, 0.5) is 13.2 Å². The molecule has 10 heteroatoms. The van der Waals surface area contributed by atoms with Crippen LogP contribution in [-0.4, -0.2) is 33.8 Å². The molecule has 0 saturated heterocycles. The lowest BCUT2D eigenvalue weighted by atomic mass is 10.1. The van der Waals surface area contributed by atoms with Crippen molar-refractivity contribution in [2.75, 3.05) is 27.9 Å². The van der Waals surface area contributed by atoms with E-state index in [2.05, 4.69) is 15.6 Å². The highest BCUT2D eigenvalue weighted by Gasteiger charge is 2.29. The maximum absolute atomic E-state index is 12.7. The molecule has 0 saturated carbocycles. The quantitative estimate of drug-likeness (QED) is 0.284. The van der Waals surface area contributed by atoms with Gasteiger partial charge in [-0.25, -0.2) is 0 Å². The number of ether oxygens (including phenoxy) is 3. The molecule has 0 bridgehead atoms. The molecule has 0 aliphatic carbocycles. The first-order valence-electron chi connectivity index (χ1n) is 9.30. The lowest BCUT2D eigenvalue weighted by Gasteiger charge is -2.17. The number of hydrogen-bond acceptors (Lipinski definition) is 4. The van der Waals surface area contributed by atoms with Gasteiger partial charge in [0.05, 0.1) is 26.4 Å². The monoisotopic (exact) mass is 553 g/mol. The molecule has 0 spiro atoms. The highest BCUT2D eigenvalue weighted by Crippen LogP contribution is 2.38. The minimum absolute atomic E-state index is 0. The third-order valence-corrected chi connectivity index (χ3v) is 4.23. The highest BCUT2D eigenvalue weighted by molar-refractivity contribution is 14.0. The van der Waals surface area contributed by atoms with Gasteiger partial charge in [-0.1, -0.05) is 12.1 Å². The summed E-state index contributed by atoms with van der Waals surface area (Å²) in [6.45, 7) is 3.10. The summed E-state index contributed by atoms with van der Waals surface area (Å²) in [6.07, 6.45) is -4.34. The van der Waals surface area contributed by atoms with Gasteiger partial charge >= 0.3 is 6.18 Å². The Morgan fingerprint density at radius 3 is 1.87 bits per heavy atom. The predicted molar refractivity (Wildman–Crippen MR) is 125 cm³/mol. The number of aliphatic imine (C=N–C) groups is 1. The van der Waals surface area contributed by atoms with Gasteiger partial charge in [-0.05, 0) is 42.3 Å². The van der Waals surface area contributed by atoms with Crippen LogP contribution in [0.1, 0.15) is 23.6 Å². The summed E-state index contributed by atoms with van der Waals surface area (Å²) in [7, 11) is 4.72. The summed E-state index contributed by atoms with van der Waals surface area (Å²) < 4.78 is 54.3. The summed E-state index contributed by atoms with van der Waals surface area (Å²) in [4.78, 5) is 4.13. The average molecular weight is 553 g/mol. The van der Waals surface area contributed by atoms with Gasteiger partial charge in [0.15, 0.2) is 17.5 Å². The third kappa shape index (κ3) is 7.67. The minimum atomic E-state index is -4.34. The van der Waals surface area contributed by atoms with Crippen molar-refractivity contribution in [3.05, 3.63) is 53.1 Å². The van der Waals surface area contributed by atoms with E-state index in [1.165, 1.54) is 12.1 Å². The Kier molecular flexibility index (Phi) is 10.7. The number of nitrogens with zero attached hydrogens (tertiary/aromatic N) is 1. The van der Waals surface area contributed by atoms with Crippen LogP contribution in [0.5, 0.6) is 17.2 Å². The molecule has 0 heterocycles. The molecule has 0 atom stereocenters. The molecule has 2 N–H and O–H groups in total. The summed E-state index contributed by atoms with van der Waals surface area (Å²) >= 11 is 0. The van der Waals surface area contributed by atoms with E-state index in [1.54, 1.807) is 21.3 Å². The third-order valence-electron chi connectivity index (χ3n) is 4.23. The number of benzene rings is 2. The Bertz CT molecular complexity index is 834. The van der Waals surface area contributed by atoms with Gasteiger partial charge < -0.3 is 24.8 Å². The fraction of sp³-hybridized carbons (Fsp3) is 0.381. The van der Waals surface area contributed by atoms with E-state index in [0.29, 0.717) is 48.5 Å². The number of hydrogen-bond donors (Lipinski definition) is 2. The standard InChI is InChI=1S/C21H26F3N3O3.HI/c1-5-30-19-17(28-3)10-15(11-18(19)29-4)13-27-20(25-2)26-12-14-6-8-16(9-7-14)21(22,23)24;/h6-11H,5,12-13H2,1-4H3,(H2,25,26,27);1H. The molecular weight excluding hydrogens is 526 g/mol. The summed E-state index contributed by atoms with van der Waals surface area (Å²) in [6, 6.07) is 8.67. The smallest absolute Gasteiger partial charge is 0.416 e. The molecular formula is C21H27F3IN3O3.